The molecule has 3 N–H and O–H groups in total. The summed E-state index contributed by atoms with van der Waals surface area (Å²) in [5, 5.41) is 0. The average Bonchev–Trinajstić information content (AvgIpc) is 3.42. The van der Waals surface area contributed by atoms with Gasteiger partial charge in [-0.3, -0.25) is 14.5 Å². The van der Waals surface area contributed by atoms with E-state index >= 15 is 0 Å². The second-order valence-corrected chi connectivity index (χ2v) is 9.67. The first-order valence-corrected chi connectivity index (χ1v) is 12.9. The van der Waals surface area contributed by atoms with E-state index in [-0.39, 0.29) is 24.0 Å². The molecule has 1 atom stereocenters. The molecule has 38 heavy (non-hydrogen) atoms. The molecule has 2 saturated heterocycles. The number of aromatic nitrogens is 3. The van der Waals surface area contributed by atoms with Gasteiger partial charge in [0.25, 0.3) is 11.8 Å². The summed E-state index contributed by atoms with van der Waals surface area (Å²) in [5.41, 5.74) is 8.62. The molecule has 196 valence electrons. The Hall–Kier alpha value is -4.09. The molecule has 0 bridgehead atoms. The van der Waals surface area contributed by atoms with Gasteiger partial charge in [-0.25, -0.2) is 15.0 Å². The molecule has 11 heteroatoms. The normalized spacial score (nSPS) is 21.1. The van der Waals surface area contributed by atoms with Crippen molar-refractivity contribution < 1.29 is 14.3 Å². The first-order valence-electron chi connectivity index (χ1n) is 12.9. The maximum absolute atomic E-state index is 13.4. The zero-order valence-electron chi connectivity index (χ0n) is 21.0. The smallest absolute Gasteiger partial charge is 0.272 e. The van der Waals surface area contributed by atoms with Crippen LogP contribution in [0.25, 0.3) is 22.6 Å². The Morgan fingerprint density at radius 2 is 1.76 bits per heavy atom. The second kappa shape index (κ2) is 10.3. The van der Waals surface area contributed by atoms with E-state index in [9.17, 15) is 9.59 Å². The van der Waals surface area contributed by atoms with Crippen LogP contribution in [-0.4, -0.2) is 98.9 Å². The van der Waals surface area contributed by atoms with Crippen molar-refractivity contribution in [1.82, 2.24) is 29.7 Å². The van der Waals surface area contributed by atoms with Crippen LogP contribution in [-0.2, 0) is 9.53 Å². The minimum Gasteiger partial charge on any atom is -0.379 e. The zero-order valence-corrected chi connectivity index (χ0v) is 21.0. The quantitative estimate of drug-likeness (QED) is 0.528. The van der Waals surface area contributed by atoms with Gasteiger partial charge in [0.15, 0.2) is 12.1 Å². The number of morpholine rings is 1. The Bertz CT molecular complexity index is 1370. The standard InChI is InChI=1S/C27H30N8O3/c28-24(36)21-10-13-35(27(32-21)34-14-16-38-17-15-34)18-8-11-33(12-9-18)26(37)23-7-3-6-22(29-23)25-30-19-4-1-2-5-20(19)31-25/h1-7,10,13,18,27H,8-9,11-12,14-17H2,(H2,28,36)(H,30,31). The van der Waals surface area contributed by atoms with Crippen molar-refractivity contribution in [2.24, 2.45) is 10.7 Å². The number of amides is 2. The van der Waals surface area contributed by atoms with Gasteiger partial charge in [-0.2, -0.15) is 0 Å². The van der Waals surface area contributed by atoms with Gasteiger partial charge in [0.1, 0.15) is 17.1 Å². The SMILES string of the molecule is NC(=O)C1=NC(N2CCOCC2)N(C2CCN(C(=O)c3cccc(-c4nc5ccccc5[nH]4)n3)CC2)C=C1. The van der Waals surface area contributed by atoms with E-state index in [2.05, 4.69) is 29.7 Å². The van der Waals surface area contributed by atoms with Gasteiger partial charge in [0.05, 0.1) is 24.2 Å². The van der Waals surface area contributed by atoms with Crippen molar-refractivity contribution in [3.63, 3.8) is 0 Å². The molecule has 6 rings (SSSR count). The summed E-state index contributed by atoms with van der Waals surface area (Å²) in [6.45, 7) is 3.93. The molecule has 2 fully saturated rings. The number of nitrogens with zero attached hydrogens (tertiary/aromatic N) is 6. The summed E-state index contributed by atoms with van der Waals surface area (Å²) < 4.78 is 5.51. The van der Waals surface area contributed by atoms with Crippen LogP contribution >= 0.6 is 0 Å². The van der Waals surface area contributed by atoms with E-state index in [1.165, 1.54) is 0 Å². The Morgan fingerprint density at radius 1 is 0.974 bits per heavy atom. The number of piperidine rings is 1. The number of H-pyrrole nitrogens is 1. The lowest BCUT2D eigenvalue weighted by Crippen LogP contribution is -2.56. The molecule has 5 heterocycles. The maximum Gasteiger partial charge on any atom is 0.272 e. The minimum atomic E-state index is -0.531. The van der Waals surface area contributed by atoms with E-state index < -0.39 is 5.91 Å². The summed E-state index contributed by atoms with van der Waals surface area (Å²) in [5.74, 6) is 0.0211. The Balaban J connectivity index is 1.14. The number of ether oxygens (including phenoxy) is 1. The molecule has 11 nitrogen and oxygen atoms in total. The molecule has 1 aromatic carbocycles. The summed E-state index contributed by atoms with van der Waals surface area (Å²) in [4.78, 5) is 48.6. The van der Waals surface area contributed by atoms with Crippen LogP contribution < -0.4 is 5.73 Å². The van der Waals surface area contributed by atoms with E-state index in [4.69, 9.17) is 10.5 Å². The Labute approximate surface area is 220 Å². The lowest BCUT2D eigenvalue weighted by molar-refractivity contribution is -0.112. The fourth-order valence-electron chi connectivity index (χ4n) is 5.29. The number of pyridine rings is 1. The van der Waals surface area contributed by atoms with Gasteiger partial charge < -0.3 is 25.3 Å². The first-order chi connectivity index (χ1) is 18.6. The second-order valence-electron chi connectivity index (χ2n) is 9.67. The third-order valence-corrected chi connectivity index (χ3v) is 7.32. The number of carbonyl (C=O) groups excluding carboxylic acids is 2. The van der Waals surface area contributed by atoms with E-state index in [1.54, 1.807) is 12.1 Å². The van der Waals surface area contributed by atoms with Gasteiger partial charge in [-0.05, 0) is 43.2 Å². The van der Waals surface area contributed by atoms with Crippen LogP contribution in [0.1, 0.15) is 23.3 Å². The molecule has 0 radical (unpaired) electrons. The molecule has 3 aromatic rings. The van der Waals surface area contributed by atoms with Gasteiger partial charge in [0, 0.05) is 38.4 Å². The maximum atomic E-state index is 13.4. The summed E-state index contributed by atoms with van der Waals surface area (Å²) >= 11 is 0. The molecular formula is C27H30N8O3. The molecule has 1 unspecified atom stereocenters. The predicted octanol–water partition coefficient (Wildman–Crippen LogP) is 1.60. The first kappa shape index (κ1) is 24.3. The van der Waals surface area contributed by atoms with E-state index in [1.807, 2.05) is 47.5 Å². The highest BCUT2D eigenvalue weighted by molar-refractivity contribution is 6.43. The number of nitrogens with one attached hydrogen (secondary N) is 1. The van der Waals surface area contributed by atoms with Gasteiger partial charge in [-0.1, -0.05) is 18.2 Å². The predicted molar refractivity (Wildman–Crippen MR) is 142 cm³/mol. The summed E-state index contributed by atoms with van der Waals surface area (Å²) in [6.07, 6.45) is 4.86. The van der Waals surface area contributed by atoms with Crippen molar-refractivity contribution in [1.29, 1.82) is 0 Å². The number of para-hydroxylation sites is 2. The number of nitrogens with two attached hydrogens (primary N) is 1. The van der Waals surface area contributed by atoms with Crippen molar-refractivity contribution in [3.8, 4) is 11.5 Å². The highest BCUT2D eigenvalue weighted by atomic mass is 16.5. The van der Waals surface area contributed by atoms with Gasteiger partial charge in [0.2, 0.25) is 0 Å². The number of imidazole rings is 1. The number of rotatable bonds is 5. The molecule has 3 aliphatic heterocycles. The number of likely N-dealkylation sites (tertiary alicyclic amines) is 1. The third-order valence-electron chi connectivity index (χ3n) is 7.32. The van der Waals surface area contributed by atoms with Crippen LogP contribution in [0.3, 0.4) is 0 Å². The number of hydrogen-bond acceptors (Lipinski definition) is 8. The summed E-state index contributed by atoms with van der Waals surface area (Å²) in [7, 11) is 0. The number of hydrogen-bond donors (Lipinski definition) is 2. The van der Waals surface area contributed by atoms with Crippen LogP contribution in [0.15, 0.2) is 59.7 Å². The zero-order chi connectivity index (χ0) is 26.1. The fourth-order valence-corrected chi connectivity index (χ4v) is 5.29. The Kier molecular flexibility index (Phi) is 6.61. The molecule has 2 aromatic heterocycles. The van der Waals surface area contributed by atoms with Crippen molar-refractivity contribution in [2.45, 2.75) is 25.2 Å². The third kappa shape index (κ3) is 4.77. The monoisotopic (exact) mass is 514 g/mol. The number of aliphatic imine (C=N–C) groups is 1. The Morgan fingerprint density at radius 3 is 2.53 bits per heavy atom. The molecule has 3 aliphatic rings. The van der Waals surface area contributed by atoms with Crippen LogP contribution in [0.5, 0.6) is 0 Å². The van der Waals surface area contributed by atoms with Crippen LogP contribution in [0, 0.1) is 0 Å². The highest BCUT2D eigenvalue weighted by Gasteiger charge is 2.35. The van der Waals surface area contributed by atoms with Crippen LogP contribution in [0.2, 0.25) is 0 Å². The number of primary amides is 1. The molecule has 0 aliphatic carbocycles. The number of benzene rings is 1. The number of fused-ring (bicyclic) bond motifs is 1. The molecule has 2 amide bonds. The lowest BCUT2D eigenvalue weighted by Gasteiger charge is -2.46. The number of carbonyl (C=O) groups is 2. The highest BCUT2D eigenvalue weighted by Crippen LogP contribution is 2.26. The van der Waals surface area contributed by atoms with Crippen molar-refractivity contribution in [3.05, 3.63) is 60.4 Å². The van der Waals surface area contributed by atoms with Gasteiger partial charge in [-0.15, -0.1) is 0 Å². The largest absolute Gasteiger partial charge is 0.379 e. The fraction of sp³-hybridized carbons (Fsp3) is 0.370. The van der Waals surface area contributed by atoms with E-state index in [0.29, 0.717) is 43.5 Å². The minimum absolute atomic E-state index is 0.0886. The van der Waals surface area contributed by atoms with Crippen molar-refractivity contribution in [2.75, 3.05) is 39.4 Å². The topological polar surface area (TPSA) is 133 Å². The molecule has 0 spiro atoms. The lowest BCUT2D eigenvalue weighted by atomic mass is 10.0. The summed E-state index contributed by atoms with van der Waals surface area (Å²) in [6, 6.07) is 13.4. The molecular weight excluding hydrogens is 484 g/mol. The molecule has 0 saturated carbocycles. The number of aromatic amines is 1. The average molecular weight is 515 g/mol. The van der Waals surface area contributed by atoms with Crippen LogP contribution in [0.4, 0.5) is 0 Å². The van der Waals surface area contributed by atoms with Crippen molar-refractivity contribution >= 4 is 28.6 Å². The van der Waals surface area contributed by atoms with E-state index in [0.717, 1.165) is 37.0 Å². The van der Waals surface area contributed by atoms with Gasteiger partial charge >= 0.3 is 0 Å².